The van der Waals surface area contributed by atoms with Crippen LogP contribution in [0.1, 0.15) is 244 Å². The Labute approximate surface area is 250 Å². The average molecular weight is 547 g/mol. The van der Waals surface area contributed by atoms with E-state index in [0.29, 0.717) is 0 Å². The molecule has 0 aromatic rings. The highest BCUT2D eigenvalue weighted by Gasteiger charge is 2.12. The highest BCUT2D eigenvalue weighted by Crippen LogP contribution is 2.28. The molecule has 0 aliphatic heterocycles. The van der Waals surface area contributed by atoms with E-state index < -0.39 is 0 Å². The smallest absolute Gasteiger partial charge is 0.0414 e. The van der Waals surface area contributed by atoms with Gasteiger partial charge < -0.3 is 0 Å². The predicted octanol–water partition coefficient (Wildman–Crippen LogP) is 15.1. The molecule has 0 spiro atoms. The first-order valence-corrected chi connectivity index (χ1v) is 19.4. The monoisotopic (exact) mass is 547 g/mol. The van der Waals surface area contributed by atoms with Gasteiger partial charge in [0.25, 0.3) is 0 Å². The van der Waals surface area contributed by atoms with E-state index in [1.807, 2.05) is 0 Å². The summed E-state index contributed by atoms with van der Waals surface area (Å²) < 4.78 is 0. The first kappa shape index (κ1) is 37.0. The van der Waals surface area contributed by atoms with Crippen molar-refractivity contribution in [3.63, 3.8) is 0 Å². The number of hydrogen-bond acceptors (Lipinski definition) is 0. The van der Waals surface area contributed by atoms with Gasteiger partial charge in [-0.3, -0.25) is 0 Å². The van der Waals surface area contributed by atoms with Crippen LogP contribution in [0.3, 0.4) is 0 Å². The van der Waals surface area contributed by atoms with Crippen LogP contribution in [0.4, 0.5) is 0 Å². The second-order valence-electron chi connectivity index (χ2n) is 13.9. The van der Waals surface area contributed by atoms with Crippen LogP contribution in [-0.2, 0) is 0 Å². The Kier molecular flexibility index (Phi) is 30.9. The normalized spacial score (nSPS) is 14.4. The minimum atomic E-state index is 1.10. The van der Waals surface area contributed by atoms with E-state index >= 15 is 0 Å². The van der Waals surface area contributed by atoms with Gasteiger partial charge in [-0.2, -0.15) is 0 Å². The quantitative estimate of drug-likeness (QED) is 0.0736. The topological polar surface area (TPSA) is 0 Å². The zero-order valence-corrected chi connectivity index (χ0v) is 27.7. The highest BCUT2D eigenvalue weighted by atomic mass is 14.2. The second-order valence-corrected chi connectivity index (χ2v) is 13.9. The summed E-state index contributed by atoms with van der Waals surface area (Å²) in [6.45, 7) is 2.31. The zero-order valence-electron chi connectivity index (χ0n) is 27.7. The third kappa shape index (κ3) is 29.3. The molecule has 1 aliphatic rings. The van der Waals surface area contributed by atoms with Gasteiger partial charge in [0.1, 0.15) is 0 Å². The summed E-state index contributed by atoms with van der Waals surface area (Å²) in [5.41, 5.74) is 0. The summed E-state index contributed by atoms with van der Waals surface area (Å²) in [5, 5.41) is 0. The van der Waals surface area contributed by atoms with Crippen LogP contribution >= 0.6 is 0 Å². The van der Waals surface area contributed by atoms with Gasteiger partial charge in [0, 0.05) is 0 Å². The third-order valence-electron chi connectivity index (χ3n) is 9.94. The Morgan fingerprint density at radius 3 is 0.769 bits per heavy atom. The molecular weight excluding hydrogens is 468 g/mol. The van der Waals surface area contributed by atoms with E-state index in [4.69, 9.17) is 0 Å². The molecule has 1 rings (SSSR count). The maximum atomic E-state index is 2.31. The number of rotatable bonds is 32. The van der Waals surface area contributed by atoms with Crippen LogP contribution in [0.15, 0.2) is 0 Å². The molecule has 1 aliphatic carbocycles. The van der Waals surface area contributed by atoms with Crippen molar-refractivity contribution in [2.75, 3.05) is 0 Å². The summed E-state index contributed by atoms with van der Waals surface area (Å²) >= 11 is 0. The average Bonchev–Trinajstić information content (AvgIpc) is 2.96. The Hall–Kier alpha value is 0. The Balaban J connectivity index is 1.60. The molecule has 0 heterocycles. The van der Waals surface area contributed by atoms with E-state index in [0.717, 1.165) is 5.92 Å². The van der Waals surface area contributed by atoms with Crippen molar-refractivity contribution < 1.29 is 0 Å². The van der Waals surface area contributed by atoms with Gasteiger partial charge in [0.05, 0.1) is 0 Å². The lowest BCUT2D eigenvalue weighted by Crippen LogP contribution is -2.05. The van der Waals surface area contributed by atoms with Crippen LogP contribution in [-0.4, -0.2) is 0 Å². The van der Waals surface area contributed by atoms with Crippen molar-refractivity contribution in [1.82, 2.24) is 0 Å². The molecule has 0 unspecified atom stereocenters. The van der Waals surface area contributed by atoms with Crippen LogP contribution in [0.25, 0.3) is 0 Å². The summed E-state index contributed by atoms with van der Waals surface area (Å²) in [4.78, 5) is 0. The molecule has 0 bridgehead atoms. The number of hydrogen-bond donors (Lipinski definition) is 0. The predicted molar refractivity (Wildman–Crippen MR) is 180 cm³/mol. The van der Waals surface area contributed by atoms with Crippen molar-refractivity contribution >= 4 is 0 Å². The SMILES string of the molecule is CCCCCCCCCCCCCCCCCCCCCCCCCCCCCCCCCC1CCCCC1. The van der Waals surface area contributed by atoms with Crippen LogP contribution in [0.5, 0.6) is 0 Å². The van der Waals surface area contributed by atoms with Gasteiger partial charge in [-0.25, -0.2) is 0 Å². The van der Waals surface area contributed by atoms with Gasteiger partial charge in [-0.05, 0) is 5.92 Å². The summed E-state index contributed by atoms with van der Waals surface area (Å²) in [5.74, 6) is 1.10. The molecule has 0 heteroatoms. The van der Waals surface area contributed by atoms with E-state index in [1.165, 1.54) is 218 Å². The molecule has 0 aromatic heterocycles. The fourth-order valence-electron chi connectivity index (χ4n) is 7.11. The second kappa shape index (κ2) is 32.5. The first-order chi connectivity index (χ1) is 19.4. The standard InChI is InChI=1S/C39H78/c1-2-3-4-5-6-7-8-9-10-11-12-13-14-15-16-17-18-19-20-21-22-23-24-25-26-27-28-29-30-31-33-36-39-37-34-32-35-38-39/h39H,2-38H2,1H3. The lowest BCUT2D eigenvalue weighted by atomic mass is 9.85. The minimum Gasteiger partial charge on any atom is -0.0654 e. The molecule has 1 saturated carbocycles. The van der Waals surface area contributed by atoms with Gasteiger partial charge in [-0.1, -0.05) is 244 Å². The molecule has 0 radical (unpaired) electrons. The van der Waals surface area contributed by atoms with E-state index in [-0.39, 0.29) is 0 Å². The van der Waals surface area contributed by atoms with Gasteiger partial charge in [0.15, 0.2) is 0 Å². The molecule has 0 N–H and O–H groups in total. The largest absolute Gasteiger partial charge is 0.0654 e. The van der Waals surface area contributed by atoms with Crippen molar-refractivity contribution in [1.29, 1.82) is 0 Å². The first-order valence-electron chi connectivity index (χ1n) is 19.4. The van der Waals surface area contributed by atoms with E-state index in [2.05, 4.69) is 6.92 Å². The molecule has 0 saturated heterocycles. The van der Waals surface area contributed by atoms with Crippen molar-refractivity contribution in [2.45, 2.75) is 244 Å². The molecule has 234 valence electrons. The summed E-state index contributed by atoms with van der Waals surface area (Å²) in [6, 6.07) is 0. The Morgan fingerprint density at radius 2 is 0.513 bits per heavy atom. The third-order valence-corrected chi connectivity index (χ3v) is 9.94. The van der Waals surface area contributed by atoms with Crippen LogP contribution in [0, 0.1) is 5.92 Å². The van der Waals surface area contributed by atoms with Crippen LogP contribution in [0.2, 0.25) is 0 Å². The molecule has 0 nitrogen and oxygen atoms in total. The fourth-order valence-corrected chi connectivity index (χ4v) is 7.11. The fraction of sp³-hybridized carbons (Fsp3) is 1.00. The lowest BCUT2D eigenvalue weighted by Gasteiger charge is -2.21. The van der Waals surface area contributed by atoms with Gasteiger partial charge >= 0.3 is 0 Å². The number of unbranched alkanes of at least 4 members (excludes halogenated alkanes) is 30. The summed E-state index contributed by atoms with van der Waals surface area (Å²) in [7, 11) is 0. The van der Waals surface area contributed by atoms with E-state index in [9.17, 15) is 0 Å². The van der Waals surface area contributed by atoms with Crippen molar-refractivity contribution in [2.24, 2.45) is 5.92 Å². The molecule has 39 heavy (non-hydrogen) atoms. The van der Waals surface area contributed by atoms with Crippen LogP contribution < -0.4 is 0 Å². The highest BCUT2D eigenvalue weighted by molar-refractivity contribution is 4.65. The Bertz CT molecular complexity index is 420. The molecule has 0 aromatic carbocycles. The van der Waals surface area contributed by atoms with Crippen molar-refractivity contribution in [3.05, 3.63) is 0 Å². The van der Waals surface area contributed by atoms with Gasteiger partial charge in [0.2, 0.25) is 0 Å². The lowest BCUT2D eigenvalue weighted by molar-refractivity contribution is 0.328. The minimum absolute atomic E-state index is 1.10. The summed E-state index contributed by atoms with van der Waals surface area (Å²) in [6.07, 6.45) is 55.4. The van der Waals surface area contributed by atoms with Crippen molar-refractivity contribution in [3.8, 4) is 0 Å². The molecule has 0 atom stereocenters. The molecule has 1 fully saturated rings. The molecular formula is C39H78. The van der Waals surface area contributed by atoms with E-state index in [1.54, 1.807) is 19.3 Å². The maximum absolute atomic E-state index is 2.31. The molecule has 0 amide bonds. The Morgan fingerprint density at radius 1 is 0.282 bits per heavy atom. The zero-order chi connectivity index (χ0) is 27.7. The maximum Gasteiger partial charge on any atom is -0.0414 e. The van der Waals surface area contributed by atoms with Gasteiger partial charge in [-0.15, -0.1) is 0 Å².